The Labute approximate surface area is 127 Å². The van der Waals surface area contributed by atoms with Crippen molar-refractivity contribution in [1.29, 1.82) is 0 Å². The van der Waals surface area contributed by atoms with Crippen LogP contribution in [0.25, 0.3) is 0 Å². The van der Waals surface area contributed by atoms with Gasteiger partial charge in [-0.3, -0.25) is 9.13 Å². The van der Waals surface area contributed by atoms with Crippen molar-refractivity contribution < 1.29 is 18.2 Å². The van der Waals surface area contributed by atoms with Gasteiger partial charge in [0.2, 0.25) is 0 Å². The van der Waals surface area contributed by atoms with Crippen molar-refractivity contribution in [3.8, 4) is 0 Å². The molecule has 1 rings (SSSR count). The summed E-state index contributed by atoms with van der Waals surface area (Å²) < 4.78 is 33.3. The molecule has 0 amide bonds. The zero-order valence-electron chi connectivity index (χ0n) is 12.4. The second-order valence-electron chi connectivity index (χ2n) is 4.35. The van der Waals surface area contributed by atoms with Gasteiger partial charge in [-0.05, 0) is 25.8 Å². The quantitative estimate of drug-likeness (QED) is 0.606. The Morgan fingerprint density at radius 1 is 1.05 bits per heavy atom. The van der Waals surface area contributed by atoms with E-state index in [4.69, 9.17) is 9.05 Å². The molecule has 0 aliphatic carbocycles. The smallest absolute Gasteiger partial charge is 0.258 e. The molecule has 0 saturated carbocycles. The van der Waals surface area contributed by atoms with Crippen LogP contribution in [0, 0.1) is 0 Å². The average Bonchev–Trinajstić information content (AvgIpc) is 2.46. The first-order chi connectivity index (χ1) is 10.2. The lowest BCUT2D eigenvalue weighted by molar-refractivity contribution is 0.332. The minimum Gasteiger partial charge on any atom is -0.320 e. The fourth-order valence-electron chi connectivity index (χ4n) is 1.80. The monoisotopic (exact) mass is 334 g/mol. The number of benzene rings is 1. The Morgan fingerprint density at radius 3 is 2.29 bits per heavy atom. The van der Waals surface area contributed by atoms with Gasteiger partial charge in [-0.2, -0.15) is 0 Å². The van der Waals surface area contributed by atoms with E-state index in [0.717, 1.165) is 5.56 Å². The summed E-state index contributed by atoms with van der Waals surface area (Å²) in [6.07, 6.45) is 0.665. The SMILES string of the molecule is CCO[PH](=O)NC[C@@H](Cc1ccccc1)N[PH](=O)OCC. The maximum Gasteiger partial charge on any atom is 0.258 e. The second-order valence-corrected chi connectivity index (χ2v) is 6.72. The molecule has 1 aromatic rings. The summed E-state index contributed by atoms with van der Waals surface area (Å²) in [7, 11) is -4.53. The molecule has 8 heteroatoms. The van der Waals surface area contributed by atoms with Gasteiger partial charge in [0.05, 0.1) is 13.2 Å². The van der Waals surface area contributed by atoms with Gasteiger partial charge in [0.15, 0.2) is 0 Å². The third kappa shape index (κ3) is 8.52. The van der Waals surface area contributed by atoms with E-state index in [1.807, 2.05) is 30.3 Å². The Kier molecular flexibility index (Phi) is 9.85. The molecule has 0 saturated heterocycles. The van der Waals surface area contributed by atoms with E-state index in [9.17, 15) is 9.13 Å². The summed E-state index contributed by atoms with van der Waals surface area (Å²) in [6.45, 7) is 4.78. The Balaban J connectivity index is 2.56. The van der Waals surface area contributed by atoms with E-state index in [0.29, 0.717) is 26.2 Å². The third-order valence-corrected chi connectivity index (χ3v) is 4.93. The van der Waals surface area contributed by atoms with Crippen molar-refractivity contribution >= 4 is 16.4 Å². The first kappa shape index (κ1) is 18.6. The fourth-order valence-corrected chi connectivity index (χ4v) is 3.46. The summed E-state index contributed by atoms with van der Waals surface area (Å²) >= 11 is 0. The largest absolute Gasteiger partial charge is 0.320 e. The van der Waals surface area contributed by atoms with Crippen LogP contribution in [-0.2, 0) is 24.6 Å². The highest BCUT2D eigenvalue weighted by Gasteiger charge is 2.13. The molecule has 6 nitrogen and oxygen atoms in total. The molecule has 0 aromatic heterocycles. The summed E-state index contributed by atoms with van der Waals surface area (Å²) in [4.78, 5) is 0. The lowest BCUT2D eigenvalue weighted by Gasteiger charge is -2.19. The van der Waals surface area contributed by atoms with E-state index in [-0.39, 0.29) is 6.04 Å². The zero-order chi connectivity index (χ0) is 15.5. The van der Waals surface area contributed by atoms with Crippen LogP contribution in [-0.4, -0.2) is 25.8 Å². The molecular weight excluding hydrogens is 310 g/mol. The van der Waals surface area contributed by atoms with E-state index < -0.39 is 16.4 Å². The highest BCUT2D eigenvalue weighted by atomic mass is 31.1. The van der Waals surface area contributed by atoms with Crippen LogP contribution in [0.1, 0.15) is 19.4 Å². The molecule has 21 heavy (non-hydrogen) atoms. The van der Waals surface area contributed by atoms with E-state index in [2.05, 4.69) is 10.2 Å². The van der Waals surface area contributed by atoms with Gasteiger partial charge in [-0.1, -0.05) is 30.3 Å². The van der Waals surface area contributed by atoms with Gasteiger partial charge in [0.25, 0.3) is 16.4 Å². The minimum atomic E-state index is -2.29. The van der Waals surface area contributed by atoms with Crippen molar-refractivity contribution in [3.63, 3.8) is 0 Å². The van der Waals surface area contributed by atoms with Crippen molar-refractivity contribution in [3.05, 3.63) is 35.9 Å². The van der Waals surface area contributed by atoms with E-state index in [1.54, 1.807) is 13.8 Å². The van der Waals surface area contributed by atoms with Gasteiger partial charge in [-0.25, -0.2) is 10.2 Å². The summed E-state index contributed by atoms with van der Waals surface area (Å²) in [6, 6.07) is 9.71. The summed E-state index contributed by atoms with van der Waals surface area (Å²) in [5.74, 6) is 0. The first-order valence-electron chi connectivity index (χ1n) is 7.03. The molecule has 2 N–H and O–H groups in total. The second kappa shape index (κ2) is 11.1. The minimum absolute atomic E-state index is 0.139. The molecule has 0 fully saturated rings. The molecule has 0 radical (unpaired) electrons. The normalized spacial score (nSPS) is 15.5. The van der Waals surface area contributed by atoms with Gasteiger partial charge >= 0.3 is 0 Å². The van der Waals surface area contributed by atoms with Crippen molar-refractivity contribution in [2.45, 2.75) is 26.3 Å². The van der Waals surface area contributed by atoms with Crippen LogP contribution in [0.5, 0.6) is 0 Å². The van der Waals surface area contributed by atoms with Crippen LogP contribution < -0.4 is 10.2 Å². The van der Waals surface area contributed by atoms with Crippen molar-refractivity contribution in [1.82, 2.24) is 10.2 Å². The first-order valence-corrected chi connectivity index (χ1v) is 9.66. The van der Waals surface area contributed by atoms with Gasteiger partial charge < -0.3 is 9.05 Å². The van der Waals surface area contributed by atoms with Gasteiger partial charge in [0, 0.05) is 12.6 Å². The molecule has 120 valence electrons. The molecule has 0 aliphatic rings. The van der Waals surface area contributed by atoms with Crippen LogP contribution in [0.15, 0.2) is 30.3 Å². The predicted molar refractivity (Wildman–Crippen MR) is 86.3 cm³/mol. The average molecular weight is 334 g/mol. The topological polar surface area (TPSA) is 76.7 Å². The lowest BCUT2D eigenvalue weighted by Crippen LogP contribution is -2.35. The zero-order valence-corrected chi connectivity index (χ0v) is 14.4. The van der Waals surface area contributed by atoms with Gasteiger partial charge in [0.1, 0.15) is 0 Å². The van der Waals surface area contributed by atoms with E-state index in [1.165, 1.54) is 0 Å². The van der Waals surface area contributed by atoms with Crippen LogP contribution in [0.4, 0.5) is 0 Å². The molecule has 2 unspecified atom stereocenters. The Hall–Kier alpha value is -0.480. The molecule has 0 spiro atoms. The maximum atomic E-state index is 11.7. The highest BCUT2D eigenvalue weighted by Crippen LogP contribution is 2.20. The number of hydrogen-bond donors (Lipinski definition) is 2. The lowest BCUT2D eigenvalue weighted by atomic mass is 10.1. The van der Waals surface area contributed by atoms with Crippen molar-refractivity contribution in [2.75, 3.05) is 19.8 Å². The molecule has 0 bridgehead atoms. The molecule has 3 atom stereocenters. The van der Waals surface area contributed by atoms with E-state index >= 15 is 0 Å². The Morgan fingerprint density at radius 2 is 1.67 bits per heavy atom. The maximum absolute atomic E-state index is 11.7. The summed E-state index contributed by atoms with van der Waals surface area (Å²) in [5, 5.41) is 5.78. The number of hydrogen-bond acceptors (Lipinski definition) is 4. The Bertz CT molecular complexity index is 445. The number of nitrogens with one attached hydrogen (secondary N) is 2. The van der Waals surface area contributed by atoms with Gasteiger partial charge in [-0.15, -0.1) is 0 Å². The van der Waals surface area contributed by atoms with Crippen molar-refractivity contribution in [2.24, 2.45) is 0 Å². The molecule has 0 heterocycles. The molecule has 0 aliphatic heterocycles. The fraction of sp³-hybridized carbons (Fsp3) is 0.538. The predicted octanol–water partition coefficient (Wildman–Crippen LogP) is 2.63. The van der Waals surface area contributed by atoms with Crippen LogP contribution >= 0.6 is 16.4 Å². The standard InChI is InChI=1S/C13H24N2O4P2/c1-3-18-20(16)14-11-13(15-21(17)19-4-2)10-12-8-6-5-7-9-12/h5-9,13,20-21H,3-4,10-11H2,1-2H3,(H,14,16)(H,15,17)/t13-/m1/s1. The third-order valence-electron chi connectivity index (χ3n) is 2.69. The number of rotatable bonds is 11. The molecule has 1 aromatic carbocycles. The summed E-state index contributed by atoms with van der Waals surface area (Å²) in [5.41, 5.74) is 1.11. The molecular formula is C13H24N2O4P2. The van der Waals surface area contributed by atoms with Crippen LogP contribution in [0.2, 0.25) is 0 Å². The highest BCUT2D eigenvalue weighted by molar-refractivity contribution is 7.37. The van der Waals surface area contributed by atoms with Crippen LogP contribution in [0.3, 0.4) is 0 Å².